The molecule has 1 aliphatic rings. The first-order valence-corrected chi connectivity index (χ1v) is 6.01. The topological polar surface area (TPSA) is 12.0 Å². The van der Waals surface area contributed by atoms with Crippen molar-refractivity contribution in [2.24, 2.45) is 0 Å². The number of nitrogens with one attached hydrogen (secondary N) is 1. The lowest BCUT2D eigenvalue weighted by atomic mass is 10.2. The van der Waals surface area contributed by atoms with E-state index in [2.05, 4.69) is 18.6 Å². The second-order valence-electron chi connectivity index (χ2n) is 2.93. The zero-order chi connectivity index (χ0) is 6.69. The maximum Gasteiger partial charge on any atom is 0.0263 e. The molecule has 1 nitrogen and oxygen atoms in total. The molecule has 0 spiro atoms. The van der Waals surface area contributed by atoms with Crippen molar-refractivity contribution in [3.8, 4) is 0 Å². The molecule has 54 valence electrons. The fraction of sp³-hybridized carbons (Fsp3) is 1.00. The van der Waals surface area contributed by atoms with E-state index < -0.39 is 0 Å². The summed E-state index contributed by atoms with van der Waals surface area (Å²) in [6.45, 7) is 5.97. The van der Waals surface area contributed by atoms with Crippen LogP contribution in [0.1, 0.15) is 19.3 Å². The highest BCUT2D eigenvalue weighted by Crippen LogP contribution is 2.34. The number of piperidine rings is 1. The third-order valence-corrected chi connectivity index (χ3v) is 3.60. The maximum absolute atomic E-state index is 3.55. The molecule has 1 saturated heterocycles. The van der Waals surface area contributed by atoms with E-state index in [1.807, 2.05) is 0 Å². The second kappa shape index (κ2) is 3.53. The highest BCUT2D eigenvalue weighted by Gasteiger charge is 2.14. The molecule has 1 unspecified atom stereocenters. The first-order valence-electron chi connectivity index (χ1n) is 3.70. The molecular weight excluding hydrogens is 129 g/mol. The average molecular weight is 145 g/mol. The summed E-state index contributed by atoms with van der Waals surface area (Å²) < 4.78 is 0. The Balaban J connectivity index is 2.23. The molecule has 9 heavy (non-hydrogen) atoms. The quantitative estimate of drug-likeness (QED) is 0.555. The minimum Gasteiger partial charge on any atom is -0.310 e. The summed E-state index contributed by atoms with van der Waals surface area (Å²) in [5, 5.41) is 3.55. The highest BCUT2D eigenvalue weighted by molar-refractivity contribution is 7.56. The van der Waals surface area contributed by atoms with E-state index in [1.54, 1.807) is 0 Å². The van der Waals surface area contributed by atoms with E-state index >= 15 is 0 Å². The van der Waals surface area contributed by atoms with Crippen molar-refractivity contribution in [1.82, 2.24) is 5.32 Å². The molecule has 1 rings (SSSR count). The second-order valence-corrected chi connectivity index (χ2v) is 5.48. The van der Waals surface area contributed by atoms with Gasteiger partial charge >= 0.3 is 0 Å². The summed E-state index contributed by atoms with van der Waals surface area (Å²) in [5.74, 6) is 0.869. The standard InChI is InChI=1S/C7H16NP/c1-9(2)7-5-3-4-6-8-7/h7-8H,3-6H2,1-2H3. The largest absolute Gasteiger partial charge is 0.310 e. The molecule has 1 N–H and O–H groups in total. The van der Waals surface area contributed by atoms with Crippen LogP contribution in [0, 0.1) is 0 Å². The Morgan fingerprint density at radius 3 is 2.44 bits per heavy atom. The van der Waals surface area contributed by atoms with Crippen LogP contribution in [-0.4, -0.2) is 25.7 Å². The summed E-state index contributed by atoms with van der Waals surface area (Å²) in [7, 11) is 0.270. The summed E-state index contributed by atoms with van der Waals surface area (Å²) in [4.78, 5) is 0. The van der Waals surface area contributed by atoms with E-state index in [-0.39, 0.29) is 7.92 Å². The summed E-state index contributed by atoms with van der Waals surface area (Å²) in [6, 6.07) is 0. The van der Waals surface area contributed by atoms with Gasteiger partial charge in [-0.05, 0) is 32.7 Å². The van der Waals surface area contributed by atoms with Gasteiger partial charge in [0.25, 0.3) is 0 Å². The Hall–Kier alpha value is 0.390. The smallest absolute Gasteiger partial charge is 0.0263 e. The number of hydrogen-bond acceptors (Lipinski definition) is 1. The minimum atomic E-state index is 0.270. The molecule has 1 aliphatic heterocycles. The van der Waals surface area contributed by atoms with E-state index in [1.165, 1.54) is 25.8 Å². The Morgan fingerprint density at radius 2 is 2.11 bits per heavy atom. The fourth-order valence-electron chi connectivity index (χ4n) is 1.27. The molecule has 0 radical (unpaired) electrons. The van der Waals surface area contributed by atoms with Crippen molar-refractivity contribution in [3.63, 3.8) is 0 Å². The predicted molar refractivity (Wildman–Crippen MR) is 44.4 cm³/mol. The van der Waals surface area contributed by atoms with Crippen LogP contribution in [-0.2, 0) is 0 Å². The number of rotatable bonds is 1. The van der Waals surface area contributed by atoms with Gasteiger partial charge in [0.2, 0.25) is 0 Å². The Kier molecular flexibility index (Phi) is 2.94. The third kappa shape index (κ3) is 2.23. The van der Waals surface area contributed by atoms with Crippen LogP contribution in [0.5, 0.6) is 0 Å². The zero-order valence-corrected chi connectivity index (χ0v) is 7.25. The van der Waals surface area contributed by atoms with E-state index in [4.69, 9.17) is 0 Å². The van der Waals surface area contributed by atoms with Crippen molar-refractivity contribution in [3.05, 3.63) is 0 Å². The summed E-state index contributed by atoms with van der Waals surface area (Å²) in [6.07, 6.45) is 4.25. The van der Waals surface area contributed by atoms with Gasteiger partial charge in [-0.3, -0.25) is 0 Å². The Labute approximate surface area is 59.0 Å². The van der Waals surface area contributed by atoms with Crippen LogP contribution in [0.15, 0.2) is 0 Å². The molecule has 0 saturated carbocycles. The van der Waals surface area contributed by atoms with Crippen LogP contribution in [0.25, 0.3) is 0 Å². The van der Waals surface area contributed by atoms with E-state index in [9.17, 15) is 0 Å². The molecule has 1 atom stereocenters. The average Bonchev–Trinajstić information content (AvgIpc) is 1.90. The van der Waals surface area contributed by atoms with Crippen LogP contribution in [0.4, 0.5) is 0 Å². The fourth-order valence-corrected chi connectivity index (χ4v) is 2.47. The monoisotopic (exact) mass is 145 g/mol. The molecule has 0 aromatic carbocycles. The molecule has 0 aromatic rings. The van der Waals surface area contributed by atoms with Gasteiger partial charge in [0, 0.05) is 5.78 Å². The van der Waals surface area contributed by atoms with Crippen LogP contribution < -0.4 is 5.32 Å². The summed E-state index contributed by atoms with van der Waals surface area (Å²) in [5.41, 5.74) is 0. The van der Waals surface area contributed by atoms with Gasteiger partial charge in [0.1, 0.15) is 0 Å². The summed E-state index contributed by atoms with van der Waals surface area (Å²) >= 11 is 0. The van der Waals surface area contributed by atoms with Crippen molar-refractivity contribution < 1.29 is 0 Å². The van der Waals surface area contributed by atoms with Crippen LogP contribution in [0.2, 0.25) is 0 Å². The van der Waals surface area contributed by atoms with Gasteiger partial charge in [-0.2, -0.15) is 0 Å². The van der Waals surface area contributed by atoms with Crippen molar-refractivity contribution >= 4 is 7.92 Å². The van der Waals surface area contributed by atoms with Gasteiger partial charge in [0.05, 0.1) is 0 Å². The normalized spacial score (nSPS) is 29.0. The molecule has 1 fully saturated rings. The van der Waals surface area contributed by atoms with Gasteiger partial charge in [-0.25, -0.2) is 0 Å². The van der Waals surface area contributed by atoms with Crippen molar-refractivity contribution in [2.45, 2.75) is 25.0 Å². The lowest BCUT2D eigenvalue weighted by Crippen LogP contribution is -2.31. The molecular formula is C7H16NP. The van der Waals surface area contributed by atoms with Gasteiger partial charge < -0.3 is 5.32 Å². The molecule has 1 heterocycles. The van der Waals surface area contributed by atoms with E-state index in [0.717, 1.165) is 5.78 Å². The van der Waals surface area contributed by atoms with Gasteiger partial charge in [0.15, 0.2) is 0 Å². The molecule has 2 heteroatoms. The van der Waals surface area contributed by atoms with Crippen molar-refractivity contribution in [1.29, 1.82) is 0 Å². The van der Waals surface area contributed by atoms with Crippen LogP contribution in [0.3, 0.4) is 0 Å². The SMILES string of the molecule is CP(C)C1CCCCN1. The maximum atomic E-state index is 3.55. The number of hydrogen-bond donors (Lipinski definition) is 1. The molecule has 0 aliphatic carbocycles. The molecule has 0 bridgehead atoms. The lowest BCUT2D eigenvalue weighted by molar-refractivity contribution is 0.487. The molecule has 0 aromatic heterocycles. The Morgan fingerprint density at radius 1 is 1.33 bits per heavy atom. The van der Waals surface area contributed by atoms with Crippen LogP contribution >= 0.6 is 7.92 Å². The first-order chi connectivity index (χ1) is 4.30. The first kappa shape index (κ1) is 7.50. The highest BCUT2D eigenvalue weighted by atomic mass is 31.1. The predicted octanol–water partition coefficient (Wildman–Crippen LogP) is 1.83. The zero-order valence-electron chi connectivity index (χ0n) is 6.35. The van der Waals surface area contributed by atoms with E-state index in [0.29, 0.717) is 0 Å². The third-order valence-electron chi connectivity index (χ3n) is 1.91. The van der Waals surface area contributed by atoms with Crippen molar-refractivity contribution in [2.75, 3.05) is 19.9 Å². The lowest BCUT2D eigenvalue weighted by Gasteiger charge is -2.26. The molecule has 0 amide bonds. The Bertz CT molecular complexity index is 77.0. The minimum absolute atomic E-state index is 0.270. The van der Waals surface area contributed by atoms with Gasteiger partial charge in [-0.15, -0.1) is 0 Å². The van der Waals surface area contributed by atoms with Gasteiger partial charge in [-0.1, -0.05) is 14.3 Å².